The van der Waals surface area contributed by atoms with Gasteiger partial charge in [-0.05, 0) is 34.7 Å². The number of rotatable bonds is 5. The highest BCUT2D eigenvalue weighted by atomic mass is 15.0. The molecular formula is C43H28N4. The van der Waals surface area contributed by atoms with Crippen molar-refractivity contribution < 1.29 is 0 Å². The minimum atomic E-state index is 0.637. The average Bonchev–Trinajstić information content (AvgIpc) is 3.50. The summed E-state index contributed by atoms with van der Waals surface area (Å²) in [6, 6.07) is 59.2. The van der Waals surface area contributed by atoms with Crippen molar-refractivity contribution in [2.45, 2.75) is 0 Å². The van der Waals surface area contributed by atoms with Crippen molar-refractivity contribution in [1.29, 1.82) is 0 Å². The Kier molecular flexibility index (Phi) is 6.43. The zero-order valence-corrected chi connectivity index (χ0v) is 25.5. The highest BCUT2D eigenvalue weighted by Gasteiger charge is 2.18. The van der Waals surface area contributed by atoms with Crippen LogP contribution in [0.5, 0.6) is 0 Å². The third-order valence-electron chi connectivity index (χ3n) is 8.84. The Morgan fingerprint density at radius 1 is 0.340 bits per heavy atom. The Morgan fingerprint density at radius 3 is 1.53 bits per heavy atom. The first kappa shape index (κ1) is 27.0. The maximum atomic E-state index is 5.08. The lowest BCUT2D eigenvalue weighted by Crippen LogP contribution is -2.00. The van der Waals surface area contributed by atoms with Crippen LogP contribution in [0.3, 0.4) is 0 Å². The molecule has 47 heavy (non-hydrogen) atoms. The van der Waals surface area contributed by atoms with Gasteiger partial charge in [-0.25, -0.2) is 15.0 Å². The summed E-state index contributed by atoms with van der Waals surface area (Å²) in [4.78, 5) is 15.1. The lowest BCUT2D eigenvalue weighted by Gasteiger charge is -2.11. The first-order chi connectivity index (χ1) is 23.3. The summed E-state index contributed by atoms with van der Waals surface area (Å²) in [6.07, 6.45) is 0. The van der Waals surface area contributed by atoms with E-state index in [4.69, 9.17) is 15.0 Å². The maximum Gasteiger partial charge on any atom is 0.164 e. The molecule has 7 aromatic carbocycles. The van der Waals surface area contributed by atoms with E-state index in [9.17, 15) is 0 Å². The molecule has 0 amide bonds. The van der Waals surface area contributed by atoms with Gasteiger partial charge in [-0.15, -0.1) is 0 Å². The van der Waals surface area contributed by atoms with Crippen molar-refractivity contribution in [3.05, 3.63) is 170 Å². The molecule has 0 unspecified atom stereocenters. The summed E-state index contributed by atoms with van der Waals surface area (Å²) in [5, 5.41) is 4.84. The molecule has 0 N–H and O–H groups in total. The first-order valence-corrected chi connectivity index (χ1v) is 15.8. The SMILES string of the molecule is c1ccc(-c2ccc(-c3nc(-c4ccccc4)nc(-c4ccc5c6ccc7ccccc7c6n(-c6ccccc6)c5c4)n3)cc2)cc1. The molecule has 2 aromatic heterocycles. The van der Waals surface area contributed by atoms with Crippen LogP contribution in [-0.4, -0.2) is 19.5 Å². The maximum absolute atomic E-state index is 5.08. The Bertz CT molecular complexity index is 2540. The summed E-state index contributed by atoms with van der Waals surface area (Å²) < 4.78 is 2.37. The fraction of sp³-hybridized carbons (Fsp3) is 0. The molecular weight excluding hydrogens is 573 g/mol. The Hall–Kier alpha value is -6.39. The number of aromatic nitrogens is 4. The van der Waals surface area contributed by atoms with E-state index in [1.54, 1.807) is 0 Å². The van der Waals surface area contributed by atoms with Crippen LogP contribution in [0.1, 0.15) is 0 Å². The van der Waals surface area contributed by atoms with E-state index in [-0.39, 0.29) is 0 Å². The number of hydrogen-bond acceptors (Lipinski definition) is 3. The van der Waals surface area contributed by atoms with E-state index in [2.05, 4.69) is 138 Å². The summed E-state index contributed by atoms with van der Waals surface area (Å²) in [7, 11) is 0. The van der Waals surface area contributed by atoms with Crippen LogP contribution >= 0.6 is 0 Å². The van der Waals surface area contributed by atoms with Crippen molar-refractivity contribution in [3.8, 4) is 51.0 Å². The normalized spacial score (nSPS) is 11.4. The van der Waals surface area contributed by atoms with Gasteiger partial charge < -0.3 is 4.57 Å². The van der Waals surface area contributed by atoms with Crippen LogP contribution in [0.2, 0.25) is 0 Å². The van der Waals surface area contributed by atoms with E-state index < -0.39 is 0 Å². The van der Waals surface area contributed by atoms with Gasteiger partial charge in [0, 0.05) is 38.5 Å². The molecule has 9 aromatic rings. The van der Waals surface area contributed by atoms with Gasteiger partial charge in [-0.3, -0.25) is 0 Å². The van der Waals surface area contributed by atoms with E-state index in [0.717, 1.165) is 33.5 Å². The van der Waals surface area contributed by atoms with Gasteiger partial charge in [0.1, 0.15) is 0 Å². The highest BCUT2D eigenvalue weighted by molar-refractivity contribution is 6.19. The molecule has 0 bridgehead atoms. The predicted molar refractivity (Wildman–Crippen MR) is 193 cm³/mol. The standard InChI is InChI=1S/C43H28N4/c1-4-12-29(13-5-1)30-20-22-33(23-21-30)42-44-41(32-15-6-2-7-16-32)45-43(46-42)34-25-26-37-38-27-24-31-14-10-11-19-36(31)40(38)47(39(37)28-34)35-17-8-3-9-18-35/h1-28H. The predicted octanol–water partition coefficient (Wildman–Crippen LogP) is 10.8. The number of nitrogens with zero attached hydrogens (tertiary/aromatic N) is 4. The second-order valence-electron chi connectivity index (χ2n) is 11.7. The smallest absolute Gasteiger partial charge is 0.164 e. The Morgan fingerprint density at radius 2 is 0.830 bits per heavy atom. The summed E-state index contributed by atoms with van der Waals surface area (Å²) in [5.41, 5.74) is 8.57. The Labute approximate surface area is 272 Å². The molecule has 0 aliphatic heterocycles. The number of fused-ring (bicyclic) bond motifs is 5. The van der Waals surface area contributed by atoms with Crippen molar-refractivity contribution in [2.75, 3.05) is 0 Å². The van der Waals surface area contributed by atoms with E-state index >= 15 is 0 Å². The number of para-hydroxylation sites is 1. The summed E-state index contributed by atoms with van der Waals surface area (Å²) >= 11 is 0. The topological polar surface area (TPSA) is 43.6 Å². The molecule has 0 fully saturated rings. The molecule has 4 nitrogen and oxygen atoms in total. The van der Waals surface area contributed by atoms with Crippen LogP contribution < -0.4 is 0 Å². The third-order valence-corrected chi connectivity index (χ3v) is 8.84. The van der Waals surface area contributed by atoms with E-state index in [1.807, 2.05) is 36.4 Å². The van der Waals surface area contributed by atoms with Crippen LogP contribution in [0.15, 0.2) is 170 Å². The van der Waals surface area contributed by atoms with Gasteiger partial charge in [0.15, 0.2) is 17.5 Å². The van der Waals surface area contributed by atoms with Gasteiger partial charge in [0.05, 0.1) is 11.0 Å². The summed E-state index contributed by atoms with van der Waals surface area (Å²) in [6.45, 7) is 0. The van der Waals surface area contributed by atoms with Gasteiger partial charge in [-0.2, -0.15) is 0 Å². The average molecular weight is 601 g/mol. The van der Waals surface area contributed by atoms with Crippen LogP contribution in [0.4, 0.5) is 0 Å². The van der Waals surface area contributed by atoms with Gasteiger partial charge in [0.25, 0.3) is 0 Å². The monoisotopic (exact) mass is 600 g/mol. The van der Waals surface area contributed by atoms with Crippen molar-refractivity contribution in [2.24, 2.45) is 0 Å². The van der Waals surface area contributed by atoms with E-state index in [1.165, 1.54) is 32.6 Å². The second-order valence-corrected chi connectivity index (χ2v) is 11.7. The van der Waals surface area contributed by atoms with E-state index in [0.29, 0.717) is 17.5 Å². The molecule has 0 saturated heterocycles. The minimum Gasteiger partial charge on any atom is -0.309 e. The molecule has 4 heteroatoms. The fourth-order valence-corrected chi connectivity index (χ4v) is 6.56. The molecule has 220 valence electrons. The van der Waals surface area contributed by atoms with Gasteiger partial charge in [-0.1, -0.05) is 152 Å². The lowest BCUT2D eigenvalue weighted by molar-refractivity contribution is 1.07. The molecule has 0 saturated carbocycles. The Balaban J connectivity index is 1.26. The lowest BCUT2D eigenvalue weighted by atomic mass is 10.0. The first-order valence-electron chi connectivity index (χ1n) is 15.8. The molecule has 9 rings (SSSR count). The quantitative estimate of drug-likeness (QED) is 0.197. The second kappa shape index (κ2) is 11.2. The highest BCUT2D eigenvalue weighted by Crippen LogP contribution is 2.38. The molecule has 2 heterocycles. The molecule has 0 spiro atoms. The third kappa shape index (κ3) is 4.75. The van der Waals surface area contributed by atoms with Crippen LogP contribution in [0.25, 0.3) is 83.6 Å². The molecule has 0 aliphatic carbocycles. The van der Waals surface area contributed by atoms with Crippen molar-refractivity contribution in [1.82, 2.24) is 19.5 Å². The largest absolute Gasteiger partial charge is 0.309 e. The molecule has 0 radical (unpaired) electrons. The number of benzene rings is 7. The minimum absolute atomic E-state index is 0.637. The van der Waals surface area contributed by atoms with Crippen LogP contribution in [0, 0.1) is 0 Å². The molecule has 0 atom stereocenters. The van der Waals surface area contributed by atoms with Crippen molar-refractivity contribution in [3.63, 3.8) is 0 Å². The number of hydrogen-bond donors (Lipinski definition) is 0. The van der Waals surface area contributed by atoms with Gasteiger partial charge in [0.2, 0.25) is 0 Å². The summed E-state index contributed by atoms with van der Waals surface area (Å²) in [5.74, 6) is 1.92. The molecule has 0 aliphatic rings. The van der Waals surface area contributed by atoms with Crippen molar-refractivity contribution >= 4 is 32.6 Å². The zero-order valence-electron chi connectivity index (χ0n) is 25.5. The van der Waals surface area contributed by atoms with Gasteiger partial charge >= 0.3 is 0 Å². The van der Waals surface area contributed by atoms with Crippen LogP contribution in [-0.2, 0) is 0 Å². The zero-order chi connectivity index (χ0) is 31.2. The fourth-order valence-electron chi connectivity index (χ4n) is 6.56.